The number of nitrogens with one attached hydrogen (secondary N) is 2. The lowest BCUT2D eigenvalue weighted by Gasteiger charge is -2.10. The molecule has 2 N–H and O–H groups in total. The van der Waals surface area contributed by atoms with E-state index in [0.717, 1.165) is 12.1 Å². The first-order chi connectivity index (χ1) is 10.7. The highest BCUT2D eigenvalue weighted by atomic mass is 35.5. The molecule has 2 aromatic rings. The van der Waals surface area contributed by atoms with Crippen LogP contribution in [0.3, 0.4) is 0 Å². The maximum atomic E-state index is 12.6. The van der Waals surface area contributed by atoms with E-state index in [-0.39, 0.29) is 27.3 Å². The van der Waals surface area contributed by atoms with Crippen LogP contribution in [0.15, 0.2) is 36.4 Å². The van der Waals surface area contributed by atoms with E-state index in [1.54, 1.807) is 0 Å². The molecule has 4 nitrogen and oxygen atoms in total. The van der Waals surface area contributed by atoms with E-state index in [1.165, 1.54) is 18.2 Å². The van der Waals surface area contributed by atoms with Crippen LogP contribution in [0.25, 0.3) is 0 Å². The number of alkyl halides is 3. The minimum atomic E-state index is -4.56. The maximum absolute atomic E-state index is 12.6. The van der Waals surface area contributed by atoms with E-state index in [9.17, 15) is 18.0 Å². The molecule has 0 aliphatic rings. The first kappa shape index (κ1) is 17.2. The quantitative estimate of drug-likeness (QED) is 0.479. The Hall–Kier alpha value is -2.12. The fourth-order valence-corrected chi connectivity index (χ4v) is 2.16. The van der Waals surface area contributed by atoms with Crippen LogP contribution in [0.4, 0.5) is 13.2 Å². The predicted molar refractivity (Wildman–Crippen MR) is 80.0 cm³/mol. The molecule has 0 fully saturated rings. The van der Waals surface area contributed by atoms with Gasteiger partial charge in [0.2, 0.25) is 0 Å². The zero-order chi connectivity index (χ0) is 17.2. The lowest BCUT2D eigenvalue weighted by Crippen LogP contribution is -2.30. The van der Waals surface area contributed by atoms with Gasteiger partial charge >= 0.3 is 6.18 Å². The first-order valence-corrected chi connectivity index (χ1v) is 6.83. The molecule has 1 heterocycles. The lowest BCUT2D eigenvalue weighted by atomic mass is 10.1. The van der Waals surface area contributed by atoms with Crippen molar-refractivity contribution in [3.63, 3.8) is 0 Å². The second kappa shape index (κ2) is 6.55. The molecular formula is C14H8Cl2F3N3O. The predicted octanol–water partition coefficient (Wildman–Crippen LogP) is 4.16. The smallest absolute Gasteiger partial charge is 0.307 e. The molecule has 0 aliphatic carbocycles. The van der Waals surface area contributed by atoms with Gasteiger partial charge in [0.15, 0.2) is 0 Å². The minimum absolute atomic E-state index is 0.0190. The summed E-state index contributed by atoms with van der Waals surface area (Å²) in [7, 11) is 0. The third kappa shape index (κ3) is 4.43. The Morgan fingerprint density at radius 3 is 2.26 bits per heavy atom. The van der Waals surface area contributed by atoms with E-state index < -0.39 is 17.6 Å². The Morgan fingerprint density at radius 2 is 1.70 bits per heavy atom. The Morgan fingerprint density at radius 1 is 1.09 bits per heavy atom. The van der Waals surface area contributed by atoms with Crippen LogP contribution in [0, 0.1) is 5.41 Å². The van der Waals surface area contributed by atoms with Crippen LogP contribution in [0.1, 0.15) is 21.5 Å². The Balaban J connectivity index is 2.20. The number of carbonyl (C=O) groups is 1. The average molecular weight is 362 g/mol. The maximum Gasteiger partial charge on any atom is 0.416 e. The number of aromatic nitrogens is 1. The standard InChI is InChI=1S/C14H8Cl2F3N3O/c15-10-5-8(6-11(16)21-10)12(20)22-13(23)7-2-1-3-9(4-7)14(17,18)19/h1-6H,(H2,20,22,23). The summed E-state index contributed by atoms with van der Waals surface area (Å²) in [4.78, 5) is 15.7. The number of hydrogen-bond acceptors (Lipinski definition) is 3. The van der Waals surface area contributed by atoms with Crippen LogP contribution in [0.2, 0.25) is 10.3 Å². The number of amides is 1. The molecule has 1 aromatic carbocycles. The molecule has 0 spiro atoms. The largest absolute Gasteiger partial charge is 0.416 e. The highest BCUT2D eigenvalue weighted by Crippen LogP contribution is 2.29. The summed E-state index contributed by atoms with van der Waals surface area (Å²) in [5, 5.41) is 10.00. The van der Waals surface area contributed by atoms with Crippen LogP contribution in [-0.2, 0) is 6.18 Å². The summed E-state index contributed by atoms with van der Waals surface area (Å²) in [5.41, 5.74) is -1.00. The highest BCUT2D eigenvalue weighted by molar-refractivity contribution is 6.33. The molecule has 1 aromatic heterocycles. The fourth-order valence-electron chi connectivity index (χ4n) is 1.70. The van der Waals surface area contributed by atoms with Crippen molar-refractivity contribution in [1.82, 2.24) is 10.3 Å². The third-order valence-electron chi connectivity index (χ3n) is 2.74. The Kier molecular flexibility index (Phi) is 4.91. The van der Waals surface area contributed by atoms with Gasteiger partial charge in [-0.15, -0.1) is 0 Å². The van der Waals surface area contributed by atoms with Crippen molar-refractivity contribution in [3.8, 4) is 0 Å². The topological polar surface area (TPSA) is 65.8 Å². The molecule has 0 radical (unpaired) electrons. The van der Waals surface area contributed by atoms with Crippen LogP contribution >= 0.6 is 23.2 Å². The van der Waals surface area contributed by atoms with Gasteiger partial charge in [0.05, 0.1) is 5.56 Å². The van der Waals surface area contributed by atoms with Crippen molar-refractivity contribution in [1.29, 1.82) is 5.41 Å². The number of benzene rings is 1. The van der Waals surface area contributed by atoms with Crippen LogP contribution in [0.5, 0.6) is 0 Å². The van der Waals surface area contributed by atoms with E-state index in [1.807, 2.05) is 0 Å². The second-order valence-electron chi connectivity index (χ2n) is 4.41. The third-order valence-corrected chi connectivity index (χ3v) is 3.13. The van der Waals surface area contributed by atoms with Crippen molar-refractivity contribution < 1.29 is 18.0 Å². The molecule has 0 saturated carbocycles. The molecule has 0 saturated heterocycles. The van der Waals surface area contributed by atoms with Gasteiger partial charge in [0, 0.05) is 11.1 Å². The van der Waals surface area contributed by atoms with Crippen LogP contribution < -0.4 is 5.32 Å². The second-order valence-corrected chi connectivity index (χ2v) is 5.18. The molecule has 120 valence electrons. The van der Waals surface area contributed by atoms with Crippen LogP contribution in [-0.4, -0.2) is 16.7 Å². The Bertz CT molecular complexity index is 758. The molecule has 0 aliphatic heterocycles. The molecule has 1 amide bonds. The molecule has 0 atom stereocenters. The zero-order valence-corrected chi connectivity index (χ0v) is 12.7. The molecular weight excluding hydrogens is 354 g/mol. The van der Waals surface area contributed by atoms with Gasteiger partial charge in [0.25, 0.3) is 5.91 Å². The van der Waals surface area contributed by atoms with Gasteiger partial charge in [-0.25, -0.2) is 4.98 Å². The molecule has 0 unspecified atom stereocenters. The van der Waals surface area contributed by atoms with Crippen molar-refractivity contribution in [2.45, 2.75) is 6.18 Å². The molecule has 9 heteroatoms. The van der Waals surface area contributed by atoms with E-state index in [4.69, 9.17) is 28.6 Å². The number of rotatable bonds is 2. The average Bonchev–Trinajstić information content (AvgIpc) is 2.45. The molecule has 0 bridgehead atoms. The normalized spacial score (nSPS) is 11.2. The van der Waals surface area contributed by atoms with E-state index in [2.05, 4.69) is 10.3 Å². The highest BCUT2D eigenvalue weighted by Gasteiger charge is 2.30. The monoisotopic (exact) mass is 361 g/mol. The summed E-state index contributed by atoms with van der Waals surface area (Å²) in [6.07, 6.45) is -4.56. The number of carbonyl (C=O) groups excluding carboxylic acids is 1. The number of nitrogens with zero attached hydrogens (tertiary/aromatic N) is 1. The lowest BCUT2D eigenvalue weighted by molar-refractivity contribution is -0.137. The summed E-state index contributed by atoms with van der Waals surface area (Å²) in [5.74, 6) is -1.22. The van der Waals surface area contributed by atoms with Crippen molar-refractivity contribution in [2.75, 3.05) is 0 Å². The van der Waals surface area contributed by atoms with Crippen molar-refractivity contribution >= 4 is 34.9 Å². The summed E-state index contributed by atoms with van der Waals surface area (Å²) >= 11 is 11.4. The zero-order valence-electron chi connectivity index (χ0n) is 11.2. The molecule has 23 heavy (non-hydrogen) atoms. The number of pyridine rings is 1. The fraction of sp³-hybridized carbons (Fsp3) is 0.0714. The summed E-state index contributed by atoms with van der Waals surface area (Å²) in [6.45, 7) is 0. The van der Waals surface area contributed by atoms with Gasteiger partial charge in [-0.05, 0) is 30.3 Å². The van der Waals surface area contributed by atoms with E-state index >= 15 is 0 Å². The summed E-state index contributed by atoms with van der Waals surface area (Å²) in [6, 6.07) is 6.47. The van der Waals surface area contributed by atoms with E-state index in [0.29, 0.717) is 6.07 Å². The minimum Gasteiger partial charge on any atom is -0.307 e. The molecule has 2 rings (SSSR count). The number of amidine groups is 1. The SMILES string of the molecule is N=C(NC(=O)c1cccc(C(F)(F)F)c1)c1cc(Cl)nc(Cl)c1. The number of hydrogen-bond donors (Lipinski definition) is 2. The first-order valence-electron chi connectivity index (χ1n) is 6.07. The van der Waals surface area contributed by atoms with Gasteiger partial charge < -0.3 is 5.32 Å². The van der Waals surface area contributed by atoms with Gasteiger partial charge in [-0.2, -0.15) is 13.2 Å². The van der Waals surface area contributed by atoms with Gasteiger partial charge in [0.1, 0.15) is 16.1 Å². The summed E-state index contributed by atoms with van der Waals surface area (Å²) < 4.78 is 37.9. The Labute approximate surface area is 138 Å². The van der Waals surface area contributed by atoms with Crippen molar-refractivity contribution in [3.05, 3.63) is 63.4 Å². The van der Waals surface area contributed by atoms with Gasteiger partial charge in [-0.3, -0.25) is 10.2 Å². The van der Waals surface area contributed by atoms with Gasteiger partial charge in [-0.1, -0.05) is 29.3 Å². The number of halogens is 5. The van der Waals surface area contributed by atoms with Crippen molar-refractivity contribution in [2.24, 2.45) is 0 Å².